The average Bonchev–Trinajstić information content (AvgIpc) is 2.03. The van der Waals surface area contributed by atoms with Gasteiger partial charge in [0.15, 0.2) is 0 Å². The molecule has 0 heterocycles. The van der Waals surface area contributed by atoms with Crippen LogP contribution in [0.3, 0.4) is 0 Å². The summed E-state index contributed by atoms with van der Waals surface area (Å²) in [7, 11) is 0. The Labute approximate surface area is 83.0 Å². The Morgan fingerprint density at radius 3 is 2.08 bits per heavy atom. The fourth-order valence-corrected chi connectivity index (χ4v) is 1.06. The molecule has 0 N–H and O–H groups in total. The Bertz CT molecular complexity index is 228. The molecule has 0 saturated heterocycles. The van der Waals surface area contributed by atoms with Gasteiger partial charge in [0, 0.05) is 0 Å². The quantitative estimate of drug-likeness (QED) is 0.443. The Hall–Kier alpha value is -0.780. The molecule has 0 spiro atoms. The van der Waals surface area contributed by atoms with Crippen molar-refractivity contribution >= 4 is 0 Å². The first-order chi connectivity index (χ1) is 5.82. The maximum Gasteiger partial charge on any atom is -0.00898 e. The average molecular weight is 178 g/mol. The van der Waals surface area contributed by atoms with Gasteiger partial charge in [-0.2, -0.15) is 0 Å². The lowest BCUT2D eigenvalue weighted by Gasteiger charge is -2.30. The van der Waals surface area contributed by atoms with Crippen molar-refractivity contribution in [1.82, 2.24) is 0 Å². The van der Waals surface area contributed by atoms with Gasteiger partial charge in [-0.15, -0.1) is 0 Å². The molecule has 0 amide bonds. The first kappa shape index (κ1) is 12.2. The van der Waals surface area contributed by atoms with Crippen molar-refractivity contribution in [2.45, 2.75) is 34.6 Å². The maximum absolute atomic E-state index is 4.03. The Morgan fingerprint density at radius 1 is 1.31 bits per heavy atom. The minimum absolute atomic E-state index is 0.171. The van der Waals surface area contributed by atoms with Crippen molar-refractivity contribution in [3.05, 3.63) is 36.5 Å². The molecule has 0 nitrogen and oxygen atoms in total. The Balaban J connectivity index is 4.69. The summed E-state index contributed by atoms with van der Waals surface area (Å²) >= 11 is 0. The van der Waals surface area contributed by atoms with Crippen LogP contribution in [-0.4, -0.2) is 0 Å². The monoisotopic (exact) mass is 178 g/mol. The van der Waals surface area contributed by atoms with Gasteiger partial charge in [0.1, 0.15) is 0 Å². The van der Waals surface area contributed by atoms with Gasteiger partial charge in [0.2, 0.25) is 0 Å². The third kappa shape index (κ3) is 3.22. The van der Waals surface area contributed by atoms with Crippen LogP contribution in [0.15, 0.2) is 36.5 Å². The van der Waals surface area contributed by atoms with E-state index in [0.717, 1.165) is 0 Å². The predicted octanol–water partition coefficient (Wildman–Crippen LogP) is 4.36. The van der Waals surface area contributed by atoms with Gasteiger partial charge in [-0.3, -0.25) is 0 Å². The van der Waals surface area contributed by atoms with Gasteiger partial charge < -0.3 is 0 Å². The van der Waals surface area contributed by atoms with E-state index in [4.69, 9.17) is 0 Å². The topological polar surface area (TPSA) is 0 Å². The minimum Gasteiger partial charge on any atom is -0.0996 e. The highest BCUT2D eigenvalue weighted by Gasteiger charge is 2.24. The van der Waals surface area contributed by atoms with E-state index in [1.165, 1.54) is 11.1 Å². The summed E-state index contributed by atoms with van der Waals surface area (Å²) in [6.07, 6.45) is 4.15. The second kappa shape index (κ2) is 4.45. The van der Waals surface area contributed by atoms with Crippen LogP contribution in [0.2, 0.25) is 0 Å². The predicted molar refractivity (Wildman–Crippen MR) is 61.7 cm³/mol. The van der Waals surface area contributed by atoms with Crippen LogP contribution in [0, 0.1) is 11.3 Å². The Morgan fingerprint density at radius 2 is 1.77 bits per heavy atom. The van der Waals surface area contributed by atoms with Gasteiger partial charge in [0.25, 0.3) is 0 Å². The first-order valence-electron chi connectivity index (χ1n) is 4.79. The van der Waals surface area contributed by atoms with Crippen LogP contribution in [0.1, 0.15) is 34.6 Å². The summed E-state index contributed by atoms with van der Waals surface area (Å²) < 4.78 is 0. The molecule has 0 saturated carbocycles. The molecule has 0 bridgehead atoms. The molecule has 0 aliphatic heterocycles. The molecule has 1 atom stereocenters. The van der Waals surface area contributed by atoms with Gasteiger partial charge in [0.05, 0.1) is 0 Å². The van der Waals surface area contributed by atoms with Gasteiger partial charge >= 0.3 is 0 Å². The van der Waals surface area contributed by atoms with Gasteiger partial charge in [-0.25, -0.2) is 0 Å². The van der Waals surface area contributed by atoms with Gasteiger partial charge in [-0.1, -0.05) is 57.2 Å². The van der Waals surface area contributed by atoms with Crippen molar-refractivity contribution in [1.29, 1.82) is 0 Å². The van der Waals surface area contributed by atoms with Crippen LogP contribution < -0.4 is 0 Å². The largest absolute Gasteiger partial charge is 0.0996 e. The third-order valence-corrected chi connectivity index (χ3v) is 3.07. The molecule has 0 aliphatic carbocycles. The first-order valence-corrected chi connectivity index (χ1v) is 4.79. The minimum atomic E-state index is 0.171. The zero-order chi connectivity index (χ0) is 10.6. The lowest BCUT2D eigenvalue weighted by atomic mass is 9.74. The molecule has 0 aliphatic rings. The van der Waals surface area contributed by atoms with E-state index < -0.39 is 0 Å². The SMILES string of the molecule is C=C/C(C)=C\C(C)C(C)(C)C(=C)C. The fraction of sp³-hybridized carbons (Fsp3) is 0.538. The smallest absolute Gasteiger partial charge is 0.00898 e. The number of hydrogen-bond donors (Lipinski definition) is 0. The summed E-state index contributed by atoms with van der Waals surface area (Å²) in [6.45, 7) is 18.6. The molecular weight excluding hydrogens is 156 g/mol. The second-order valence-corrected chi connectivity index (χ2v) is 4.41. The van der Waals surface area contributed by atoms with E-state index in [9.17, 15) is 0 Å². The fourth-order valence-electron chi connectivity index (χ4n) is 1.06. The molecule has 74 valence electrons. The standard InChI is InChI=1S/C13H22/c1-8-11(4)9-12(5)13(6,7)10(2)3/h8-9,12H,1-2H2,3-7H3/b11-9-. The van der Waals surface area contributed by atoms with Crippen molar-refractivity contribution in [3.8, 4) is 0 Å². The van der Waals surface area contributed by atoms with Crippen molar-refractivity contribution in [2.75, 3.05) is 0 Å². The molecular formula is C13H22. The molecule has 13 heavy (non-hydrogen) atoms. The lowest BCUT2D eigenvalue weighted by Crippen LogP contribution is -2.21. The van der Waals surface area contributed by atoms with Crippen LogP contribution in [-0.2, 0) is 0 Å². The van der Waals surface area contributed by atoms with E-state index in [0.29, 0.717) is 5.92 Å². The van der Waals surface area contributed by atoms with Crippen LogP contribution in [0.5, 0.6) is 0 Å². The summed E-state index contributed by atoms with van der Waals surface area (Å²) in [5, 5.41) is 0. The van der Waals surface area contributed by atoms with E-state index in [1.807, 2.05) is 6.08 Å². The van der Waals surface area contributed by atoms with Crippen LogP contribution in [0.4, 0.5) is 0 Å². The van der Waals surface area contributed by atoms with Crippen LogP contribution in [0.25, 0.3) is 0 Å². The van der Waals surface area contributed by atoms with E-state index in [2.05, 4.69) is 53.9 Å². The molecule has 0 radical (unpaired) electrons. The lowest BCUT2D eigenvalue weighted by molar-refractivity contribution is 0.343. The summed E-state index contributed by atoms with van der Waals surface area (Å²) in [5.74, 6) is 0.503. The van der Waals surface area contributed by atoms with Gasteiger partial charge in [-0.05, 0) is 25.2 Å². The molecule has 0 fully saturated rings. The molecule has 0 rings (SSSR count). The van der Waals surface area contributed by atoms with E-state index >= 15 is 0 Å². The highest BCUT2D eigenvalue weighted by molar-refractivity contribution is 5.18. The van der Waals surface area contributed by atoms with Crippen molar-refractivity contribution < 1.29 is 0 Å². The number of rotatable bonds is 4. The summed E-state index contributed by atoms with van der Waals surface area (Å²) in [6, 6.07) is 0. The number of hydrogen-bond acceptors (Lipinski definition) is 0. The molecule has 0 aromatic carbocycles. The summed E-state index contributed by atoms with van der Waals surface area (Å²) in [4.78, 5) is 0. The zero-order valence-electron chi connectivity index (χ0n) is 9.65. The third-order valence-electron chi connectivity index (χ3n) is 3.07. The molecule has 0 heteroatoms. The molecule has 0 aromatic rings. The summed E-state index contributed by atoms with van der Waals surface area (Å²) in [5.41, 5.74) is 2.64. The van der Waals surface area contributed by atoms with E-state index in [-0.39, 0.29) is 5.41 Å². The molecule has 1 unspecified atom stereocenters. The molecule has 0 aromatic heterocycles. The second-order valence-electron chi connectivity index (χ2n) is 4.41. The highest BCUT2D eigenvalue weighted by atomic mass is 14.3. The van der Waals surface area contributed by atoms with Crippen molar-refractivity contribution in [2.24, 2.45) is 11.3 Å². The van der Waals surface area contributed by atoms with Crippen LogP contribution >= 0.6 is 0 Å². The van der Waals surface area contributed by atoms with Crippen molar-refractivity contribution in [3.63, 3.8) is 0 Å². The zero-order valence-corrected chi connectivity index (χ0v) is 9.65. The van der Waals surface area contributed by atoms with E-state index in [1.54, 1.807) is 0 Å². The maximum atomic E-state index is 4.03. The normalized spacial score (nSPS) is 15.3. The highest BCUT2D eigenvalue weighted by Crippen LogP contribution is 2.34. The number of allylic oxidation sites excluding steroid dienone is 4. The Kier molecular flexibility index (Phi) is 4.19.